The lowest BCUT2D eigenvalue weighted by Gasteiger charge is -2.18. The summed E-state index contributed by atoms with van der Waals surface area (Å²) < 4.78 is 17.4. The molecule has 0 aliphatic rings. The molecule has 0 aromatic heterocycles. The van der Waals surface area contributed by atoms with Gasteiger partial charge in [-0.05, 0) is 64.2 Å². The van der Waals surface area contributed by atoms with Crippen molar-refractivity contribution in [3.63, 3.8) is 0 Å². The Hall–Kier alpha value is -1.88. The van der Waals surface area contributed by atoms with Crippen LogP contribution in [0, 0.1) is 0 Å². The second-order valence-electron chi connectivity index (χ2n) is 17.1. The van der Waals surface area contributed by atoms with Crippen LogP contribution in [0.25, 0.3) is 0 Å². The smallest absolute Gasteiger partial charge is 0.306 e. The van der Waals surface area contributed by atoms with Gasteiger partial charge in [0.1, 0.15) is 6.61 Å². The minimum Gasteiger partial charge on any atom is -0.462 e. The summed E-state index contributed by atoms with van der Waals surface area (Å²) in [6, 6.07) is 0. The number of rotatable bonds is 47. The Labute approximate surface area is 361 Å². The van der Waals surface area contributed by atoms with Crippen molar-refractivity contribution in [2.45, 2.75) is 271 Å². The van der Waals surface area contributed by atoms with Crippen LogP contribution in [0.1, 0.15) is 265 Å². The van der Waals surface area contributed by atoms with E-state index in [9.17, 15) is 9.59 Å². The second-order valence-corrected chi connectivity index (χ2v) is 17.1. The third kappa shape index (κ3) is 46.8. The molecule has 0 aromatic rings. The monoisotopic (exact) mass is 815 g/mol. The van der Waals surface area contributed by atoms with Crippen LogP contribution < -0.4 is 0 Å². The lowest BCUT2D eigenvalue weighted by Crippen LogP contribution is -2.30. The van der Waals surface area contributed by atoms with Gasteiger partial charge in [-0.15, -0.1) is 0 Å². The van der Waals surface area contributed by atoms with Crippen molar-refractivity contribution in [1.29, 1.82) is 0 Å². The minimum atomic E-state index is -0.540. The zero-order valence-electron chi connectivity index (χ0n) is 39.1. The van der Waals surface area contributed by atoms with E-state index < -0.39 is 6.10 Å². The van der Waals surface area contributed by atoms with E-state index in [1.807, 2.05) is 0 Å². The van der Waals surface area contributed by atoms with E-state index in [1.165, 1.54) is 173 Å². The van der Waals surface area contributed by atoms with Crippen molar-refractivity contribution in [3.8, 4) is 0 Å². The van der Waals surface area contributed by atoms with E-state index in [4.69, 9.17) is 14.2 Å². The van der Waals surface area contributed by atoms with Gasteiger partial charge in [0.05, 0.1) is 6.61 Å². The lowest BCUT2D eigenvalue weighted by atomic mass is 10.0. The Balaban J connectivity index is 4.20. The molecule has 1 unspecified atom stereocenters. The molecule has 0 aliphatic carbocycles. The topological polar surface area (TPSA) is 61.8 Å². The van der Waals surface area contributed by atoms with E-state index in [0.717, 1.165) is 57.8 Å². The van der Waals surface area contributed by atoms with Gasteiger partial charge >= 0.3 is 11.9 Å². The molecular formula is C53H98O5. The van der Waals surface area contributed by atoms with Crippen LogP contribution in [0.5, 0.6) is 0 Å². The highest BCUT2D eigenvalue weighted by Crippen LogP contribution is 2.15. The molecule has 340 valence electrons. The Bertz CT molecular complexity index is 924. The molecule has 0 heterocycles. The minimum absolute atomic E-state index is 0.0821. The molecule has 0 saturated heterocycles. The highest BCUT2D eigenvalue weighted by atomic mass is 16.6. The molecule has 0 fully saturated rings. The highest BCUT2D eigenvalue weighted by Gasteiger charge is 2.17. The van der Waals surface area contributed by atoms with Crippen molar-refractivity contribution in [2.24, 2.45) is 0 Å². The van der Waals surface area contributed by atoms with Gasteiger partial charge in [0.15, 0.2) is 6.10 Å². The molecule has 5 nitrogen and oxygen atoms in total. The van der Waals surface area contributed by atoms with Crippen LogP contribution in [-0.2, 0) is 23.8 Å². The third-order valence-electron chi connectivity index (χ3n) is 11.1. The van der Waals surface area contributed by atoms with Gasteiger partial charge in [-0.25, -0.2) is 0 Å². The van der Waals surface area contributed by atoms with Gasteiger partial charge in [0.25, 0.3) is 0 Å². The van der Waals surface area contributed by atoms with Crippen molar-refractivity contribution in [3.05, 3.63) is 36.5 Å². The zero-order valence-corrected chi connectivity index (χ0v) is 39.1. The molecule has 0 bridgehead atoms. The van der Waals surface area contributed by atoms with Crippen molar-refractivity contribution >= 4 is 11.9 Å². The predicted octanol–water partition coefficient (Wildman–Crippen LogP) is 17.0. The van der Waals surface area contributed by atoms with Gasteiger partial charge in [0, 0.05) is 19.4 Å². The van der Waals surface area contributed by atoms with Gasteiger partial charge in [-0.1, -0.05) is 224 Å². The normalized spacial score (nSPS) is 12.4. The Kier molecular flexibility index (Phi) is 47.9. The average Bonchev–Trinajstić information content (AvgIpc) is 3.22. The first kappa shape index (κ1) is 56.1. The van der Waals surface area contributed by atoms with Crippen molar-refractivity contribution in [1.82, 2.24) is 0 Å². The fourth-order valence-electron chi connectivity index (χ4n) is 7.29. The molecular weight excluding hydrogens is 717 g/mol. The maximum absolute atomic E-state index is 12.7. The van der Waals surface area contributed by atoms with Crippen LogP contribution >= 0.6 is 0 Å². The predicted molar refractivity (Wildman–Crippen MR) is 252 cm³/mol. The zero-order chi connectivity index (χ0) is 42.1. The van der Waals surface area contributed by atoms with E-state index in [2.05, 4.69) is 57.2 Å². The van der Waals surface area contributed by atoms with Crippen LogP contribution in [0.4, 0.5) is 0 Å². The summed E-state index contributed by atoms with van der Waals surface area (Å²) in [5, 5.41) is 0. The van der Waals surface area contributed by atoms with Gasteiger partial charge < -0.3 is 14.2 Å². The quantitative estimate of drug-likeness (QED) is 0.0348. The average molecular weight is 815 g/mol. The summed E-state index contributed by atoms with van der Waals surface area (Å²) in [6.45, 7) is 7.74. The number of allylic oxidation sites excluding steroid dienone is 6. The van der Waals surface area contributed by atoms with E-state index in [0.29, 0.717) is 19.4 Å². The van der Waals surface area contributed by atoms with E-state index >= 15 is 0 Å². The first-order valence-corrected chi connectivity index (χ1v) is 25.5. The first-order chi connectivity index (χ1) is 28.6. The fourth-order valence-corrected chi connectivity index (χ4v) is 7.29. The molecule has 0 radical (unpaired) electrons. The highest BCUT2D eigenvalue weighted by molar-refractivity contribution is 5.70. The van der Waals surface area contributed by atoms with Crippen LogP contribution in [0.2, 0.25) is 0 Å². The number of carbonyl (C=O) groups excluding carboxylic acids is 2. The molecule has 0 N–H and O–H groups in total. The van der Waals surface area contributed by atoms with Crippen LogP contribution in [0.3, 0.4) is 0 Å². The molecule has 0 aliphatic heterocycles. The molecule has 0 rings (SSSR count). The standard InChI is InChI=1S/C53H98O5/c1-4-7-10-13-16-19-22-24-26-27-28-29-32-34-37-40-43-46-52(54)57-50-51(58-53(55)47-44-41-38-35-31-21-18-15-12-9-6-3)49-56-48-45-42-39-36-33-30-25-23-20-17-14-11-8-5-2/h11,14-15,18,20,23,51H,4-10,12-13,16-17,19,21-22,24-50H2,1-3H3/b14-11-,18-15-,23-20-. The Morgan fingerprint density at radius 3 is 1.28 bits per heavy atom. The Morgan fingerprint density at radius 1 is 0.379 bits per heavy atom. The van der Waals surface area contributed by atoms with Crippen molar-refractivity contribution in [2.75, 3.05) is 19.8 Å². The molecule has 0 spiro atoms. The molecule has 0 saturated carbocycles. The van der Waals surface area contributed by atoms with Crippen molar-refractivity contribution < 1.29 is 23.8 Å². The molecule has 0 amide bonds. The summed E-state index contributed by atoms with van der Waals surface area (Å²) in [4.78, 5) is 25.3. The number of hydrogen-bond donors (Lipinski definition) is 0. The molecule has 58 heavy (non-hydrogen) atoms. The molecule has 1 atom stereocenters. The van der Waals surface area contributed by atoms with Crippen LogP contribution in [0.15, 0.2) is 36.5 Å². The summed E-state index contributed by atoms with van der Waals surface area (Å²) in [6.07, 6.45) is 58.6. The number of unbranched alkanes of at least 4 members (excludes halogenated alkanes) is 30. The number of ether oxygens (including phenoxy) is 3. The Morgan fingerprint density at radius 2 is 0.776 bits per heavy atom. The van der Waals surface area contributed by atoms with Crippen LogP contribution in [-0.4, -0.2) is 37.9 Å². The molecule has 5 heteroatoms. The molecule has 0 aromatic carbocycles. The SMILES string of the molecule is CCC/C=C\C/C=C\CCCCCCCCOCC(COC(=O)CCCCCCCCCCCCCCCCCCC)OC(=O)CCCCCCC/C=C\CCCC. The van der Waals surface area contributed by atoms with E-state index in [1.54, 1.807) is 0 Å². The first-order valence-electron chi connectivity index (χ1n) is 25.5. The maximum Gasteiger partial charge on any atom is 0.306 e. The number of hydrogen-bond acceptors (Lipinski definition) is 5. The summed E-state index contributed by atoms with van der Waals surface area (Å²) in [5.41, 5.74) is 0. The summed E-state index contributed by atoms with van der Waals surface area (Å²) in [5.74, 6) is -0.402. The fraction of sp³-hybridized carbons (Fsp3) is 0.849. The number of esters is 2. The van der Waals surface area contributed by atoms with Gasteiger partial charge in [-0.3, -0.25) is 9.59 Å². The summed E-state index contributed by atoms with van der Waals surface area (Å²) >= 11 is 0. The van der Waals surface area contributed by atoms with E-state index in [-0.39, 0.29) is 25.2 Å². The second kappa shape index (κ2) is 49.5. The summed E-state index contributed by atoms with van der Waals surface area (Å²) in [7, 11) is 0. The third-order valence-corrected chi connectivity index (χ3v) is 11.1. The largest absolute Gasteiger partial charge is 0.462 e. The lowest BCUT2D eigenvalue weighted by molar-refractivity contribution is -0.163. The van der Waals surface area contributed by atoms with Gasteiger partial charge in [0.2, 0.25) is 0 Å². The van der Waals surface area contributed by atoms with Gasteiger partial charge in [-0.2, -0.15) is 0 Å². The maximum atomic E-state index is 12.7. The number of carbonyl (C=O) groups is 2.